The largest absolute Gasteiger partial charge is 0.394 e. The van der Waals surface area contributed by atoms with Crippen molar-refractivity contribution in [1.82, 2.24) is 9.78 Å². The summed E-state index contributed by atoms with van der Waals surface area (Å²) < 4.78 is 1.58. The second-order valence-electron chi connectivity index (χ2n) is 3.56. The Morgan fingerprint density at radius 2 is 2.44 bits per heavy atom. The Bertz CT molecular complexity index is 349. The van der Waals surface area contributed by atoms with E-state index < -0.39 is 0 Å². The normalized spacial score (nSPS) is 10.4. The van der Waals surface area contributed by atoms with E-state index in [4.69, 9.17) is 10.8 Å². The van der Waals surface area contributed by atoms with Crippen LogP contribution in [0.1, 0.15) is 18.5 Å². The van der Waals surface area contributed by atoms with Gasteiger partial charge in [0, 0.05) is 12.5 Å². The van der Waals surface area contributed by atoms with Crippen molar-refractivity contribution in [3.05, 3.63) is 11.8 Å². The van der Waals surface area contributed by atoms with Crippen LogP contribution < -0.4 is 11.1 Å². The summed E-state index contributed by atoms with van der Waals surface area (Å²) in [5, 5.41) is 15.7. The molecule has 0 bridgehead atoms. The summed E-state index contributed by atoms with van der Waals surface area (Å²) in [5.74, 6) is 0.540. The number of aryl methyl sites for hydroxylation is 1. The van der Waals surface area contributed by atoms with Gasteiger partial charge in [-0.15, -0.1) is 0 Å². The average Bonchev–Trinajstić information content (AvgIpc) is 2.56. The molecular formula is C10H18N4O2. The van der Waals surface area contributed by atoms with Gasteiger partial charge in [0.1, 0.15) is 5.82 Å². The Balaban J connectivity index is 2.61. The number of carbonyl (C=O) groups is 1. The molecule has 90 valence electrons. The molecule has 0 spiro atoms. The van der Waals surface area contributed by atoms with Crippen LogP contribution in [-0.2, 0) is 11.3 Å². The van der Waals surface area contributed by atoms with Crippen LogP contribution in [0.4, 0.5) is 5.82 Å². The molecule has 1 aromatic heterocycles. The van der Waals surface area contributed by atoms with Crippen LogP contribution in [0.15, 0.2) is 6.07 Å². The quantitative estimate of drug-likeness (QED) is 0.629. The zero-order chi connectivity index (χ0) is 12.0. The predicted molar refractivity (Wildman–Crippen MR) is 61.0 cm³/mol. The minimum atomic E-state index is -0.0791. The third-order valence-corrected chi connectivity index (χ3v) is 2.09. The van der Waals surface area contributed by atoms with Gasteiger partial charge in [0.05, 0.1) is 18.8 Å². The fourth-order valence-corrected chi connectivity index (χ4v) is 1.38. The molecule has 16 heavy (non-hydrogen) atoms. The minimum absolute atomic E-state index is 0.00715. The van der Waals surface area contributed by atoms with Gasteiger partial charge >= 0.3 is 0 Å². The highest BCUT2D eigenvalue weighted by Crippen LogP contribution is 2.10. The first kappa shape index (κ1) is 12.7. The summed E-state index contributed by atoms with van der Waals surface area (Å²) in [7, 11) is 0. The minimum Gasteiger partial charge on any atom is -0.394 e. The Kier molecular flexibility index (Phi) is 4.94. The van der Waals surface area contributed by atoms with Gasteiger partial charge in [0.2, 0.25) is 5.91 Å². The van der Waals surface area contributed by atoms with Crippen LogP contribution in [0.5, 0.6) is 0 Å². The monoisotopic (exact) mass is 226 g/mol. The van der Waals surface area contributed by atoms with Crippen LogP contribution in [0, 0.1) is 6.92 Å². The highest BCUT2D eigenvalue weighted by Gasteiger charge is 2.08. The van der Waals surface area contributed by atoms with Gasteiger partial charge in [-0.05, 0) is 19.9 Å². The van der Waals surface area contributed by atoms with E-state index in [2.05, 4.69) is 10.4 Å². The number of amides is 1. The lowest BCUT2D eigenvalue weighted by molar-refractivity contribution is -0.116. The Hall–Kier alpha value is -1.40. The van der Waals surface area contributed by atoms with Crippen molar-refractivity contribution >= 4 is 11.7 Å². The van der Waals surface area contributed by atoms with Gasteiger partial charge in [-0.3, -0.25) is 4.79 Å². The summed E-state index contributed by atoms with van der Waals surface area (Å²) in [5.41, 5.74) is 6.13. The van der Waals surface area contributed by atoms with Crippen molar-refractivity contribution in [2.24, 2.45) is 5.73 Å². The smallest absolute Gasteiger partial charge is 0.225 e. The fraction of sp³-hybridized carbons (Fsp3) is 0.600. The van der Waals surface area contributed by atoms with Gasteiger partial charge in [-0.2, -0.15) is 5.10 Å². The van der Waals surface area contributed by atoms with Gasteiger partial charge in [0.15, 0.2) is 0 Å². The summed E-state index contributed by atoms with van der Waals surface area (Å²) >= 11 is 0. The standard InChI is InChI=1S/C10H18N4O2/c1-8-7-9(14(13-8)5-6-15)12-10(16)3-2-4-11/h7,15H,2-6,11H2,1H3,(H,12,16). The molecule has 0 aliphatic rings. The van der Waals surface area contributed by atoms with Gasteiger partial charge in [-0.1, -0.05) is 0 Å². The van der Waals surface area contributed by atoms with E-state index in [1.807, 2.05) is 6.92 Å². The second kappa shape index (κ2) is 6.24. The zero-order valence-electron chi connectivity index (χ0n) is 9.44. The number of nitrogens with one attached hydrogen (secondary N) is 1. The molecule has 0 aliphatic carbocycles. The number of rotatable bonds is 6. The summed E-state index contributed by atoms with van der Waals surface area (Å²) in [4.78, 5) is 11.5. The third kappa shape index (κ3) is 3.63. The number of hydrogen-bond donors (Lipinski definition) is 3. The Labute approximate surface area is 94.4 Å². The summed E-state index contributed by atoms with van der Waals surface area (Å²) in [6, 6.07) is 1.77. The predicted octanol–water partition coefficient (Wildman–Crippen LogP) is -0.139. The molecule has 0 radical (unpaired) electrons. The average molecular weight is 226 g/mol. The molecule has 0 fully saturated rings. The first-order valence-electron chi connectivity index (χ1n) is 5.32. The first-order chi connectivity index (χ1) is 7.67. The van der Waals surface area contributed by atoms with Crippen LogP contribution in [-0.4, -0.2) is 33.9 Å². The number of carbonyl (C=O) groups excluding carboxylic acids is 1. The highest BCUT2D eigenvalue weighted by atomic mass is 16.3. The van der Waals surface area contributed by atoms with E-state index in [0.29, 0.717) is 31.7 Å². The van der Waals surface area contributed by atoms with Crippen molar-refractivity contribution < 1.29 is 9.90 Å². The van der Waals surface area contributed by atoms with Crippen molar-refractivity contribution in [2.45, 2.75) is 26.3 Å². The molecular weight excluding hydrogens is 208 g/mol. The lowest BCUT2D eigenvalue weighted by atomic mass is 10.3. The molecule has 1 rings (SSSR count). The number of nitrogens with two attached hydrogens (primary N) is 1. The number of anilines is 1. The molecule has 1 amide bonds. The van der Waals surface area contributed by atoms with Crippen LogP contribution in [0.2, 0.25) is 0 Å². The lowest BCUT2D eigenvalue weighted by Gasteiger charge is -2.07. The van der Waals surface area contributed by atoms with Crippen molar-refractivity contribution in [2.75, 3.05) is 18.5 Å². The van der Waals surface area contributed by atoms with Crippen molar-refractivity contribution in [3.63, 3.8) is 0 Å². The third-order valence-electron chi connectivity index (χ3n) is 2.09. The van der Waals surface area contributed by atoms with E-state index in [0.717, 1.165) is 5.69 Å². The van der Waals surface area contributed by atoms with E-state index in [1.54, 1.807) is 10.7 Å². The van der Waals surface area contributed by atoms with E-state index in [-0.39, 0.29) is 12.5 Å². The number of aliphatic hydroxyl groups is 1. The number of aromatic nitrogens is 2. The summed E-state index contributed by atoms with van der Waals surface area (Å²) in [6.07, 6.45) is 1.07. The molecule has 1 aromatic rings. The Morgan fingerprint density at radius 1 is 1.69 bits per heavy atom. The summed E-state index contributed by atoms with van der Waals surface area (Å²) in [6.45, 7) is 2.71. The second-order valence-corrected chi connectivity index (χ2v) is 3.56. The molecule has 0 saturated carbocycles. The molecule has 1 heterocycles. The van der Waals surface area contributed by atoms with E-state index in [9.17, 15) is 4.79 Å². The zero-order valence-corrected chi connectivity index (χ0v) is 9.44. The van der Waals surface area contributed by atoms with E-state index >= 15 is 0 Å². The number of hydrogen-bond acceptors (Lipinski definition) is 4. The maximum atomic E-state index is 11.5. The molecule has 0 atom stereocenters. The van der Waals surface area contributed by atoms with Crippen LogP contribution in [0.25, 0.3) is 0 Å². The lowest BCUT2D eigenvalue weighted by Crippen LogP contribution is -2.17. The van der Waals surface area contributed by atoms with Gasteiger partial charge in [0.25, 0.3) is 0 Å². The van der Waals surface area contributed by atoms with Crippen molar-refractivity contribution in [3.8, 4) is 0 Å². The van der Waals surface area contributed by atoms with E-state index in [1.165, 1.54) is 0 Å². The first-order valence-corrected chi connectivity index (χ1v) is 5.32. The SMILES string of the molecule is Cc1cc(NC(=O)CCCN)n(CCO)n1. The highest BCUT2D eigenvalue weighted by molar-refractivity contribution is 5.89. The molecule has 4 N–H and O–H groups in total. The fourth-order valence-electron chi connectivity index (χ4n) is 1.38. The molecule has 0 unspecified atom stereocenters. The van der Waals surface area contributed by atoms with Crippen molar-refractivity contribution in [1.29, 1.82) is 0 Å². The molecule has 0 aromatic carbocycles. The number of nitrogens with zero attached hydrogens (tertiary/aromatic N) is 2. The molecule has 6 nitrogen and oxygen atoms in total. The molecule has 0 aliphatic heterocycles. The van der Waals surface area contributed by atoms with Gasteiger partial charge in [-0.25, -0.2) is 4.68 Å². The Morgan fingerprint density at radius 3 is 3.06 bits per heavy atom. The number of aliphatic hydroxyl groups excluding tert-OH is 1. The maximum absolute atomic E-state index is 11.5. The topological polar surface area (TPSA) is 93.2 Å². The van der Waals surface area contributed by atoms with Crippen LogP contribution in [0.3, 0.4) is 0 Å². The molecule has 0 saturated heterocycles. The van der Waals surface area contributed by atoms with Gasteiger partial charge < -0.3 is 16.2 Å². The van der Waals surface area contributed by atoms with Crippen LogP contribution >= 0.6 is 0 Å². The maximum Gasteiger partial charge on any atom is 0.225 e. The molecule has 6 heteroatoms.